The largest absolute Gasteiger partial charge is 0.348 e. The zero-order chi connectivity index (χ0) is 25.5. The molecule has 188 valence electrons. The van der Waals surface area contributed by atoms with Crippen LogP contribution in [-0.2, 0) is 17.1 Å². The number of nitrogens with zero attached hydrogens (tertiary/aromatic N) is 2. The van der Waals surface area contributed by atoms with E-state index in [4.69, 9.17) is 11.6 Å². The molecule has 1 aliphatic rings. The molecule has 2 aromatic rings. The van der Waals surface area contributed by atoms with E-state index in [9.17, 15) is 22.0 Å². The van der Waals surface area contributed by atoms with Crippen molar-refractivity contribution in [1.82, 2.24) is 15.1 Å². The summed E-state index contributed by atoms with van der Waals surface area (Å²) in [7, 11) is -2.56. The van der Waals surface area contributed by atoms with Gasteiger partial charge in [-0.3, -0.25) is 14.2 Å². The Morgan fingerprint density at radius 1 is 1.21 bits per heavy atom. The van der Waals surface area contributed by atoms with Crippen LogP contribution >= 0.6 is 11.6 Å². The van der Waals surface area contributed by atoms with Crippen molar-refractivity contribution in [1.29, 1.82) is 0 Å². The Labute approximate surface area is 204 Å². The Kier molecular flexibility index (Phi) is 7.34. The zero-order valence-corrected chi connectivity index (χ0v) is 21.5. The van der Waals surface area contributed by atoms with Gasteiger partial charge in [0.15, 0.2) is 0 Å². The summed E-state index contributed by atoms with van der Waals surface area (Å²) in [6.07, 6.45) is -0.362. The molecule has 0 bridgehead atoms. The molecule has 34 heavy (non-hydrogen) atoms. The van der Waals surface area contributed by atoms with Gasteiger partial charge in [-0.1, -0.05) is 32.4 Å². The van der Waals surface area contributed by atoms with Crippen LogP contribution in [0.3, 0.4) is 0 Å². The predicted octanol–water partition coefficient (Wildman–Crippen LogP) is 5.33. The Bertz CT molecular complexity index is 1150. The lowest BCUT2D eigenvalue weighted by Crippen LogP contribution is -2.42. The van der Waals surface area contributed by atoms with Crippen LogP contribution in [0.15, 0.2) is 29.2 Å². The van der Waals surface area contributed by atoms with Crippen molar-refractivity contribution in [3.8, 4) is 0 Å². The quantitative estimate of drug-likeness (QED) is 0.542. The zero-order valence-electron chi connectivity index (χ0n) is 20.0. The van der Waals surface area contributed by atoms with Crippen LogP contribution in [-0.4, -0.2) is 36.1 Å². The molecule has 1 amide bonds. The van der Waals surface area contributed by atoms with Crippen molar-refractivity contribution >= 4 is 33.2 Å². The summed E-state index contributed by atoms with van der Waals surface area (Å²) in [4.78, 5) is 13.2. The minimum absolute atomic E-state index is 0.0197. The van der Waals surface area contributed by atoms with Gasteiger partial charge in [0.05, 0.1) is 10.6 Å². The molecule has 1 atom stereocenters. The summed E-state index contributed by atoms with van der Waals surface area (Å²) in [5.41, 5.74) is 0.103. The number of aryl methyl sites for hydroxylation is 1. The van der Waals surface area contributed by atoms with E-state index >= 15 is 0 Å². The fourth-order valence-electron chi connectivity index (χ4n) is 3.79. The molecule has 0 unspecified atom stereocenters. The number of hydrogen-bond donors (Lipinski definition) is 2. The lowest BCUT2D eigenvalue weighted by molar-refractivity contribution is -0.0384. The number of anilines is 1. The van der Waals surface area contributed by atoms with Gasteiger partial charge in [0.1, 0.15) is 11.4 Å². The van der Waals surface area contributed by atoms with Gasteiger partial charge < -0.3 is 5.32 Å². The number of carbonyl (C=O) groups is 1. The molecule has 1 fully saturated rings. The van der Waals surface area contributed by atoms with Crippen molar-refractivity contribution in [2.45, 2.75) is 76.2 Å². The van der Waals surface area contributed by atoms with Gasteiger partial charge in [0, 0.05) is 36.9 Å². The van der Waals surface area contributed by atoms with Crippen molar-refractivity contribution in [3.05, 3.63) is 40.7 Å². The lowest BCUT2D eigenvalue weighted by Gasteiger charge is -2.28. The third-order valence-corrected chi connectivity index (χ3v) is 8.02. The number of hydrogen-bond acceptors (Lipinski definition) is 4. The Morgan fingerprint density at radius 2 is 1.76 bits per heavy atom. The maximum Gasteiger partial charge on any atom is 0.271 e. The predicted molar refractivity (Wildman–Crippen MR) is 128 cm³/mol. The van der Waals surface area contributed by atoms with Crippen molar-refractivity contribution in [2.75, 3.05) is 4.72 Å². The standard InChI is InChI=1S/C23H31ClF2N4O3S/c1-14(22(2,3)4)27-21(31)20-19(29-34(32,33)17-8-6-16(24)7-9-17)18(28-30(20)5)15-10-12-23(25,26)13-11-15/h6-9,14-15,29H,10-13H2,1-5H3,(H,27,31)/t14-/m0/s1. The van der Waals surface area contributed by atoms with E-state index in [2.05, 4.69) is 15.1 Å². The maximum absolute atomic E-state index is 13.8. The number of halogens is 3. The Balaban J connectivity index is 2.04. The molecule has 0 radical (unpaired) electrons. The normalized spacial score (nSPS) is 17.9. The van der Waals surface area contributed by atoms with Crippen LogP contribution in [0.4, 0.5) is 14.5 Å². The highest BCUT2D eigenvalue weighted by atomic mass is 35.5. The number of nitrogens with one attached hydrogen (secondary N) is 2. The molecule has 0 saturated heterocycles. The highest BCUT2D eigenvalue weighted by Crippen LogP contribution is 2.43. The molecule has 11 heteroatoms. The minimum atomic E-state index is -4.10. The number of alkyl halides is 2. The van der Waals surface area contributed by atoms with E-state index < -0.39 is 27.8 Å². The van der Waals surface area contributed by atoms with Gasteiger partial charge in [-0.05, 0) is 49.4 Å². The fourth-order valence-corrected chi connectivity index (χ4v) is 5.00. The highest BCUT2D eigenvalue weighted by Gasteiger charge is 2.39. The first-order chi connectivity index (χ1) is 15.6. The van der Waals surface area contributed by atoms with E-state index in [-0.39, 0.29) is 53.4 Å². The van der Waals surface area contributed by atoms with Crippen LogP contribution in [0.2, 0.25) is 5.02 Å². The van der Waals surface area contributed by atoms with Crippen LogP contribution < -0.4 is 10.0 Å². The molecule has 1 saturated carbocycles. The van der Waals surface area contributed by atoms with Gasteiger partial charge in [-0.15, -0.1) is 0 Å². The van der Waals surface area contributed by atoms with Crippen LogP contribution in [0, 0.1) is 5.41 Å². The SMILES string of the molecule is C[C@H](NC(=O)c1c(NS(=O)(=O)c2ccc(Cl)cc2)c(C2CCC(F)(F)CC2)nn1C)C(C)(C)C. The second-order valence-electron chi connectivity index (χ2n) is 9.98. The monoisotopic (exact) mass is 516 g/mol. The topological polar surface area (TPSA) is 93.1 Å². The minimum Gasteiger partial charge on any atom is -0.348 e. The third-order valence-electron chi connectivity index (χ3n) is 6.40. The number of carbonyl (C=O) groups excluding carboxylic acids is 1. The van der Waals surface area contributed by atoms with Gasteiger partial charge in [-0.2, -0.15) is 5.10 Å². The molecular formula is C23H31ClF2N4O3S. The number of sulfonamides is 1. The molecular weight excluding hydrogens is 486 g/mol. The first kappa shape index (κ1) is 26.4. The molecule has 1 aromatic heterocycles. The van der Waals surface area contributed by atoms with E-state index in [1.165, 1.54) is 36.0 Å². The average molecular weight is 517 g/mol. The highest BCUT2D eigenvalue weighted by molar-refractivity contribution is 7.92. The van der Waals surface area contributed by atoms with E-state index in [0.717, 1.165) is 0 Å². The van der Waals surface area contributed by atoms with Gasteiger partial charge in [0.25, 0.3) is 15.9 Å². The summed E-state index contributed by atoms with van der Waals surface area (Å²) >= 11 is 5.88. The van der Waals surface area contributed by atoms with Gasteiger partial charge >= 0.3 is 0 Å². The summed E-state index contributed by atoms with van der Waals surface area (Å²) in [5.74, 6) is -3.66. The van der Waals surface area contributed by atoms with E-state index in [1.54, 1.807) is 0 Å². The van der Waals surface area contributed by atoms with Crippen LogP contribution in [0.25, 0.3) is 0 Å². The van der Waals surface area contributed by atoms with Crippen LogP contribution in [0.5, 0.6) is 0 Å². The number of benzene rings is 1. The van der Waals surface area contributed by atoms with Crippen molar-refractivity contribution in [2.24, 2.45) is 12.5 Å². The van der Waals surface area contributed by atoms with Crippen molar-refractivity contribution < 1.29 is 22.0 Å². The number of aromatic nitrogens is 2. The Hall–Kier alpha value is -2.20. The van der Waals surface area contributed by atoms with Gasteiger partial charge in [0.2, 0.25) is 5.92 Å². The lowest BCUT2D eigenvalue weighted by atomic mass is 9.84. The molecule has 7 nitrogen and oxygen atoms in total. The summed E-state index contributed by atoms with van der Waals surface area (Å²) in [6.45, 7) is 7.77. The van der Waals surface area contributed by atoms with E-state index in [0.29, 0.717) is 10.7 Å². The summed E-state index contributed by atoms with van der Waals surface area (Å²) < 4.78 is 57.7. The molecule has 2 N–H and O–H groups in total. The summed E-state index contributed by atoms with van der Waals surface area (Å²) in [5, 5.41) is 7.71. The number of amides is 1. The van der Waals surface area contributed by atoms with E-state index in [1.807, 2.05) is 27.7 Å². The van der Waals surface area contributed by atoms with Gasteiger partial charge in [-0.25, -0.2) is 17.2 Å². The second-order valence-corrected chi connectivity index (χ2v) is 12.1. The van der Waals surface area contributed by atoms with Crippen LogP contribution in [0.1, 0.15) is 75.5 Å². The average Bonchev–Trinajstić information content (AvgIpc) is 3.02. The molecule has 1 heterocycles. The molecule has 1 aliphatic carbocycles. The Morgan fingerprint density at radius 3 is 2.29 bits per heavy atom. The smallest absolute Gasteiger partial charge is 0.271 e. The fraction of sp³-hybridized carbons (Fsp3) is 0.565. The first-order valence-corrected chi connectivity index (χ1v) is 13.0. The molecule has 0 spiro atoms. The maximum atomic E-state index is 13.8. The summed E-state index contributed by atoms with van der Waals surface area (Å²) in [6, 6.07) is 5.36. The second kappa shape index (κ2) is 9.45. The number of rotatable bonds is 6. The van der Waals surface area contributed by atoms with Crippen molar-refractivity contribution in [3.63, 3.8) is 0 Å². The first-order valence-electron chi connectivity index (χ1n) is 11.1. The third kappa shape index (κ3) is 5.89. The molecule has 0 aliphatic heterocycles. The molecule has 1 aromatic carbocycles. The molecule has 3 rings (SSSR count).